The standard InChI is InChI=1S/C24H25N5O6/c25-17(31)10-11-28-16(12-30)18-19(22(33)29(21(18)32)15-4-2-1-3-5-15)24(28,23(34)35)14-8-6-13(7-9-14)20(26)27/h1-9,16,18-19,30H,10-12H2,(H2,25,31)(H3,26,27)(H,34,35). The van der Waals surface area contributed by atoms with Gasteiger partial charge in [-0.05, 0) is 17.7 Å². The largest absolute Gasteiger partial charge is 0.480 e. The number of nitrogens with zero attached hydrogens (tertiary/aromatic N) is 2. The number of carbonyl (C=O) groups excluding carboxylic acids is 3. The Hall–Kier alpha value is -4.09. The van der Waals surface area contributed by atoms with E-state index in [4.69, 9.17) is 16.9 Å². The maximum atomic E-state index is 13.8. The first-order valence-corrected chi connectivity index (χ1v) is 10.9. The number of benzene rings is 2. The molecule has 0 aliphatic carbocycles. The van der Waals surface area contributed by atoms with Crippen molar-refractivity contribution in [1.29, 1.82) is 5.41 Å². The highest BCUT2D eigenvalue weighted by Gasteiger charge is 2.72. The number of primary amides is 1. The highest BCUT2D eigenvalue weighted by atomic mass is 16.4. The number of likely N-dealkylation sites (tertiary alicyclic amines) is 1. The summed E-state index contributed by atoms with van der Waals surface area (Å²) in [4.78, 5) is 54.4. The molecular weight excluding hydrogens is 454 g/mol. The quantitative estimate of drug-likeness (QED) is 0.192. The summed E-state index contributed by atoms with van der Waals surface area (Å²) < 4.78 is 0. The van der Waals surface area contributed by atoms with Gasteiger partial charge >= 0.3 is 5.97 Å². The maximum absolute atomic E-state index is 13.8. The van der Waals surface area contributed by atoms with Crippen LogP contribution < -0.4 is 16.4 Å². The zero-order valence-electron chi connectivity index (χ0n) is 18.6. The molecule has 11 nitrogen and oxygen atoms in total. The molecule has 11 heteroatoms. The summed E-state index contributed by atoms with van der Waals surface area (Å²) in [5, 5.41) is 28.6. The molecule has 2 aromatic rings. The number of aliphatic hydroxyl groups is 1. The Labute approximate surface area is 200 Å². The number of rotatable bonds is 8. The van der Waals surface area contributed by atoms with E-state index < -0.39 is 53.7 Å². The number of amides is 3. The first-order chi connectivity index (χ1) is 16.7. The number of aliphatic carboxylic acids is 1. The Bertz CT molecular complexity index is 1200. The number of hydrogen-bond donors (Lipinski definition) is 5. The Morgan fingerprint density at radius 1 is 1.00 bits per heavy atom. The molecule has 0 aromatic heterocycles. The fraction of sp³-hybridized carbons (Fsp3) is 0.292. The van der Waals surface area contributed by atoms with Crippen LogP contribution in [0.5, 0.6) is 0 Å². The Morgan fingerprint density at radius 2 is 1.63 bits per heavy atom. The molecule has 35 heavy (non-hydrogen) atoms. The van der Waals surface area contributed by atoms with E-state index in [0.717, 1.165) is 4.90 Å². The molecule has 0 saturated carbocycles. The second kappa shape index (κ2) is 8.93. The highest BCUT2D eigenvalue weighted by molar-refractivity contribution is 6.24. The number of carboxylic acids is 1. The van der Waals surface area contributed by atoms with Crippen LogP contribution in [0, 0.1) is 17.2 Å². The van der Waals surface area contributed by atoms with Crippen molar-refractivity contribution in [2.75, 3.05) is 18.1 Å². The van der Waals surface area contributed by atoms with Crippen molar-refractivity contribution in [2.24, 2.45) is 23.3 Å². The van der Waals surface area contributed by atoms with Gasteiger partial charge < -0.3 is 21.7 Å². The van der Waals surface area contributed by atoms with Crippen molar-refractivity contribution < 1.29 is 29.4 Å². The molecule has 3 amide bonds. The third kappa shape index (κ3) is 3.56. The lowest BCUT2D eigenvalue weighted by atomic mass is 9.75. The van der Waals surface area contributed by atoms with Crippen LogP contribution in [0.4, 0.5) is 5.69 Å². The third-order valence-corrected chi connectivity index (χ3v) is 6.83. The molecule has 4 atom stereocenters. The van der Waals surface area contributed by atoms with Gasteiger partial charge in [-0.1, -0.05) is 42.5 Å². The zero-order valence-corrected chi connectivity index (χ0v) is 18.6. The SMILES string of the molecule is N=C(N)c1ccc(C2(C(=O)O)C3C(=O)N(c4ccccc4)C(=O)C3C(CO)N2CCC(N)=O)cc1. The second-order valence-corrected chi connectivity index (χ2v) is 8.57. The number of carbonyl (C=O) groups is 4. The molecule has 2 aliphatic heterocycles. The molecule has 4 unspecified atom stereocenters. The summed E-state index contributed by atoms with van der Waals surface area (Å²) in [6, 6.07) is 12.9. The molecule has 182 valence electrons. The van der Waals surface area contributed by atoms with Crippen molar-refractivity contribution in [3.8, 4) is 0 Å². The van der Waals surface area contributed by atoms with Crippen molar-refractivity contribution >= 4 is 35.2 Å². The van der Waals surface area contributed by atoms with Crippen molar-refractivity contribution in [1.82, 2.24) is 4.90 Å². The number of amidine groups is 1. The fourth-order valence-electron chi connectivity index (χ4n) is 5.40. The summed E-state index contributed by atoms with van der Waals surface area (Å²) in [5.74, 6) is -6.26. The summed E-state index contributed by atoms with van der Waals surface area (Å²) in [5.41, 5.74) is 9.57. The lowest BCUT2D eigenvalue weighted by Gasteiger charge is -2.40. The normalized spacial score (nSPS) is 26.1. The minimum atomic E-state index is -2.08. The monoisotopic (exact) mass is 479 g/mol. The number of para-hydroxylation sites is 1. The summed E-state index contributed by atoms with van der Waals surface area (Å²) in [7, 11) is 0. The van der Waals surface area contributed by atoms with Crippen LogP contribution in [0.2, 0.25) is 0 Å². The molecule has 0 radical (unpaired) electrons. The van der Waals surface area contributed by atoms with Gasteiger partial charge in [-0.15, -0.1) is 0 Å². The summed E-state index contributed by atoms with van der Waals surface area (Å²) >= 11 is 0. The van der Waals surface area contributed by atoms with E-state index in [0.29, 0.717) is 11.3 Å². The van der Waals surface area contributed by atoms with E-state index in [1.165, 1.54) is 29.2 Å². The average molecular weight is 479 g/mol. The van der Waals surface area contributed by atoms with E-state index >= 15 is 0 Å². The lowest BCUT2D eigenvalue weighted by molar-refractivity contribution is -0.157. The van der Waals surface area contributed by atoms with Crippen LogP contribution in [-0.2, 0) is 24.7 Å². The van der Waals surface area contributed by atoms with Gasteiger partial charge in [0, 0.05) is 24.6 Å². The van der Waals surface area contributed by atoms with Crippen LogP contribution in [0.3, 0.4) is 0 Å². The molecule has 0 spiro atoms. The number of nitrogens with one attached hydrogen (secondary N) is 1. The van der Waals surface area contributed by atoms with Crippen LogP contribution in [-0.4, -0.2) is 63.8 Å². The number of anilines is 1. The van der Waals surface area contributed by atoms with Crippen molar-refractivity contribution in [3.63, 3.8) is 0 Å². The van der Waals surface area contributed by atoms with E-state index in [9.17, 15) is 29.4 Å². The average Bonchev–Trinajstić information content (AvgIpc) is 3.27. The van der Waals surface area contributed by atoms with E-state index in [1.54, 1.807) is 30.3 Å². The lowest BCUT2D eigenvalue weighted by Crippen LogP contribution is -2.57. The number of nitrogen functional groups attached to an aromatic ring is 1. The third-order valence-electron chi connectivity index (χ3n) is 6.83. The predicted octanol–water partition coefficient (Wildman–Crippen LogP) is -0.392. The molecule has 4 rings (SSSR count). The molecule has 2 saturated heterocycles. The Kier molecular flexibility index (Phi) is 6.14. The smallest absolute Gasteiger partial charge is 0.329 e. The van der Waals surface area contributed by atoms with Crippen LogP contribution in [0.25, 0.3) is 0 Å². The first kappa shape index (κ1) is 24.0. The Balaban J connectivity index is 1.94. The minimum Gasteiger partial charge on any atom is -0.480 e. The first-order valence-electron chi connectivity index (χ1n) is 10.9. The molecule has 2 aliphatic rings. The van der Waals surface area contributed by atoms with Crippen molar-refractivity contribution in [3.05, 3.63) is 65.7 Å². The van der Waals surface area contributed by atoms with Gasteiger partial charge in [0.05, 0.1) is 24.1 Å². The number of nitrogens with two attached hydrogens (primary N) is 2. The number of aliphatic hydroxyl groups excluding tert-OH is 1. The number of hydrogen-bond acceptors (Lipinski definition) is 7. The van der Waals surface area contributed by atoms with Crippen molar-refractivity contribution in [2.45, 2.75) is 18.0 Å². The summed E-state index contributed by atoms with van der Waals surface area (Å²) in [6.07, 6.45) is -0.249. The number of carboxylic acid groups (broad SMARTS) is 1. The molecule has 0 bridgehead atoms. The van der Waals surface area contributed by atoms with E-state index in [2.05, 4.69) is 0 Å². The minimum absolute atomic E-state index is 0.154. The molecule has 2 fully saturated rings. The van der Waals surface area contributed by atoms with Crippen LogP contribution >= 0.6 is 0 Å². The molecule has 2 heterocycles. The van der Waals surface area contributed by atoms with Gasteiger partial charge in [-0.3, -0.25) is 24.7 Å². The maximum Gasteiger partial charge on any atom is 0.329 e. The second-order valence-electron chi connectivity index (χ2n) is 8.57. The predicted molar refractivity (Wildman–Crippen MR) is 124 cm³/mol. The molecule has 7 N–H and O–H groups in total. The van der Waals surface area contributed by atoms with Gasteiger partial charge in [-0.25, -0.2) is 9.69 Å². The highest BCUT2D eigenvalue weighted by Crippen LogP contribution is 2.54. The molecular formula is C24H25N5O6. The van der Waals surface area contributed by atoms with Gasteiger partial charge in [0.1, 0.15) is 5.84 Å². The van der Waals surface area contributed by atoms with Gasteiger partial charge in [0.25, 0.3) is 0 Å². The summed E-state index contributed by atoms with van der Waals surface area (Å²) in [6.45, 7) is -0.817. The van der Waals surface area contributed by atoms with Gasteiger partial charge in [-0.2, -0.15) is 0 Å². The van der Waals surface area contributed by atoms with Crippen LogP contribution in [0.15, 0.2) is 54.6 Å². The number of fused-ring (bicyclic) bond motifs is 1. The van der Waals surface area contributed by atoms with Gasteiger partial charge in [0.15, 0.2) is 5.54 Å². The fourth-order valence-corrected chi connectivity index (χ4v) is 5.40. The van der Waals surface area contributed by atoms with E-state index in [-0.39, 0.29) is 24.4 Å². The topological polar surface area (TPSA) is 191 Å². The van der Waals surface area contributed by atoms with E-state index in [1.807, 2.05) is 0 Å². The van der Waals surface area contributed by atoms with Gasteiger partial charge in [0.2, 0.25) is 17.7 Å². The number of imide groups is 1. The molecule has 2 aromatic carbocycles. The zero-order chi connectivity index (χ0) is 25.5. The van der Waals surface area contributed by atoms with Crippen LogP contribution in [0.1, 0.15) is 17.5 Å². The Morgan fingerprint density at radius 3 is 2.14 bits per heavy atom.